The number of hydrogen-bond donors (Lipinski definition) is 4. The molecule has 1 aliphatic heterocycles. The molecular weight excluding hydrogens is 725 g/mol. The zero-order valence-corrected chi connectivity index (χ0v) is 35.0. The highest BCUT2D eigenvalue weighted by molar-refractivity contribution is 5.70. The summed E-state index contributed by atoms with van der Waals surface area (Å²) in [7, 11) is 0. The molecule has 0 aromatic rings. The van der Waals surface area contributed by atoms with Crippen LogP contribution in [-0.4, -0.2) is 89.0 Å². The Morgan fingerprint density at radius 1 is 0.561 bits per heavy atom. The second-order valence-electron chi connectivity index (χ2n) is 14.4. The van der Waals surface area contributed by atoms with Crippen molar-refractivity contribution in [2.75, 3.05) is 19.8 Å². The lowest BCUT2D eigenvalue weighted by atomic mass is 9.99. The molecule has 1 rings (SSSR count). The summed E-state index contributed by atoms with van der Waals surface area (Å²) in [6.07, 6.45) is 40.1. The summed E-state index contributed by atoms with van der Waals surface area (Å²) in [5.74, 6) is -0.873. The standard InChI is InChI=1S/C47H76O10/c1-3-5-7-9-11-13-15-17-19-20-22-24-26-28-30-32-34-36-43(50)56-40(39-55-47-46(53)45(52)44(51)41(37-48)57-47)38-54-42(49)35-33-31-29-27-25-23-21-18-16-14-12-10-8-6-4-2/h6-9,12-15,18-21,24,26,40-41,44-48,51-53H,3-5,10-11,16-17,22-23,25,27-39H2,1-2H3/b8-6+,9-7+,14-12+,15-13+,20-19+,21-18+,26-24+/t40-,41-,44+,45?,46?,47-/m1/s1. The normalized spacial score (nSPS) is 21.1. The number of allylic oxidation sites excluding steroid dienone is 14. The van der Waals surface area contributed by atoms with Crippen LogP contribution in [0.5, 0.6) is 0 Å². The maximum atomic E-state index is 12.8. The SMILES string of the molecule is CC/C=C/C/C=C/C/C=C/CCCCCCCC(=O)OC[C@H](CO[C@@H]1O[C@H](CO)[C@H](O)C(O)C1O)OC(=O)CCCCC/C=C/C/C=C/C/C=C/C/C=C/CCC. The largest absolute Gasteiger partial charge is 0.462 e. The predicted octanol–water partition coefficient (Wildman–Crippen LogP) is 8.99. The number of unbranched alkanes of at least 4 members (excludes halogenated alkanes) is 9. The Bertz CT molecular complexity index is 1200. The van der Waals surface area contributed by atoms with Gasteiger partial charge in [-0.3, -0.25) is 9.59 Å². The lowest BCUT2D eigenvalue weighted by Gasteiger charge is -2.39. The highest BCUT2D eigenvalue weighted by Crippen LogP contribution is 2.22. The molecule has 10 nitrogen and oxygen atoms in total. The molecule has 0 aromatic carbocycles. The highest BCUT2D eigenvalue weighted by Gasteiger charge is 2.44. The van der Waals surface area contributed by atoms with Crippen LogP contribution in [0.1, 0.15) is 142 Å². The predicted molar refractivity (Wildman–Crippen MR) is 228 cm³/mol. The van der Waals surface area contributed by atoms with Crippen molar-refractivity contribution in [3.63, 3.8) is 0 Å². The van der Waals surface area contributed by atoms with Gasteiger partial charge in [-0.05, 0) is 83.5 Å². The molecule has 1 aliphatic rings. The molecule has 0 saturated carbocycles. The van der Waals surface area contributed by atoms with Gasteiger partial charge in [-0.2, -0.15) is 0 Å². The van der Waals surface area contributed by atoms with Crippen LogP contribution < -0.4 is 0 Å². The van der Waals surface area contributed by atoms with E-state index in [2.05, 4.69) is 98.9 Å². The van der Waals surface area contributed by atoms with E-state index < -0.39 is 55.4 Å². The van der Waals surface area contributed by atoms with Gasteiger partial charge in [0, 0.05) is 12.8 Å². The molecule has 0 aliphatic carbocycles. The van der Waals surface area contributed by atoms with Gasteiger partial charge in [-0.15, -0.1) is 0 Å². The van der Waals surface area contributed by atoms with E-state index in [1.54, 1.807) is 0 Å². The van der Waals surface area contributed by atoms with E-state index in [1.807, 2.05) is 0 Å². The maximum Gasteiger partial charge on any atom is 0.306 e. The Labute approximate surface area is 344 Å². The molecule has 0 amide bonds. The van der Waals surface area contributed by atoms with Crippen molar-refractivity contribution in [1.29, 1.82) is 0 Å². The maximum absolute atomic E-state index is 12.8. The molecule has 10 heteroatoms. The minimum Gasteiger partial charge on any atom is -0.462 e. The fourth-order valence-electron chi connectivity index (χ4n) is 5.84. The van der Waals surface area contributed by atoms with Gasteiger partial charge in [0.25, 0.3) is 0 Å². The number of carbonyl (C=O) groups excluding carboxylic acids is 2. The number of aliphatic hydroxyl groups is 4. The highest BCUT2D eigenvalue weighted by atomic mass is 16.7. The molecule has 1 heterocycles. The molecule has 1 saturated heterocycles. The lowest BCUT2D eigenvalue weighted by Crippen LogP contribution is -2.59. The molecule has 4 N–H and O–H groups in total. The Morgan fingerprint density at radius 3 is 1.58 bits per heavy atom. The van der Waals surface area contributed by atoms with E-state index in [4.69, 9.17) is 18.9 Å². The molecule has 0 aromatic heterocycles. The second-order valence-corrected chi connectivity index (χ2v) is 14.4. The molecular formula is C47H76O10. The third-order valence-electron chi connectivity index (χ3n) is 9.25. The monoisotopic (exact) mass is 801 g/mol. The summed E-state index contributed by atoms with van der Waals surface area (Å²) < 4.78 is 22.1. The summed E-state index contributed by atoms with van der Waals surface area (Å²) in [6, 6.07) is 0. The van der Waals surface area contributed by atoms with Crippen LogP contribution in [-0.2, 0) is 28.5 Å². The van der Waals surface area contributed by atoms with E-state index in [1.165, 1.54) is 6.42 Å². The number of aliphatic hydroxyl groups excluding tert-OH is 4. The first-order chi connectivity index (χ1) is 27.8. The van der Waals surface area contributed by atoms with Gasteiger partial charge in [-0.25, -0.2) is 0 Å². The van der Waals surface area contributed by atoms with Crippen molar-refractivity contribution in [3.05, 3.63) is 85.1 Å². The van der Waals surface area contributed by atoms with Crippen LogP contribution >= 0.6 is 0 Å². The van der Waals surface area contributed by atoms with Gasteiger partial charge >= 0.3 is 11.9 Å². The van der Waals surface area contributed by atoms with Crippen molar-refractivity contribution in [2.45, 2.75) is 179 Å². The number of esters is 2. The summed E-state index contributed by atoms with van der Waals surface area (Å²) in [5.41, 5.74) is 0. The molecule has 0 bridgehead atoms. The van der Waals surface area contributed by atoms with Crippen LogP contribution in [0.2, 0.25) is 0 Å². The Kier molecular flexibility index (Phi) is 33.8. The molecule has 2 unspecified atom stereocenters. The summed E-state index contributed by atoms with van der Waals surface area (Å²) in [4.78, 5) is 25.3. The van der Waals surface area contributed by atoms with Gasteiger partial charge in [0.15, 0.2) is 12.4 Å². The number of carbonyl (C=O) groups is 2. The second kappa shape index (κ2) is 37.2. The van der Waals surface area contributed by atoms with E-state index in [0.29, 0.717) is 12.8 Å². The van der Waals surface area contributed by atoms with E-state index in [9.17, 15) is 30.0 Å². The summed E-state index contributed by atoms with van der Waals surface area (Å²) in [5, 5.41) is 40.0. The molecule has 57 heavy (non-hydrogen) atoms. The lowest BCUT2D eigenvalue weighted by molar-refractivity contribution is -0.305. The van der Waals surface area contributed by atoms with E-state index in [0.717, 1.165) is 96.3 Å². The third-order valence-corrected chi connectivity index (χ3v) is 9.25. The third kappa shape index (κ3) is 28.9. The van der Waals surface area contributed by atoms with Crippen LogP contribution in [0, 0.1) is 0 Å². The zero-order valence-electron chi connectivity index (χ0n) is 35.0. The van der Waals surface area contributed by atoms with Crippen molar-refractivity contribution in [3.8, 4) is 0 Å². The molecule has 0 radical (unpaired) electrons. The van der Waals surface area contributed by atoms with Crippen molar-refractivity contribution >= 4 is 11.9 Å². The smallest absolute Gasteiger partial charge is 0.306 e. The average Bonchev–Trinajstić information content (AvgIpc) is 3.21. The number of ether oxygens (including phenoxy) is 4. The minimum atomic E-state index is -1.61. The fraction of sp³-hybridized carbons (Fsp3) is 0.660. The first-order valence-corrected chi connectivity index (χ1v) is 21.7. The quantitative estimate of drug-likeness (QED) is 0.0282. The average molecular weight is 801 g/mol. The van der Waals surface area contributed by atoms with E-state index >= 15 is 0 Å². The molecule has 1 fully saturated rings. The first kappa shape index (κ1) is 51.9. The van der Waals surface area contributed by atoms with Gasteiger partial charge in [-0.1, -0.05) is 131 Å². The van der Waals surface area contributed by atoms with Crippen LogP contribution in [0.4, 0.5) is 0 Å². The van der Waals surface area contributed by atoms with Gasteiger partial charge in [0.05, 0.1) is 13.2 Å². The van der Waals surface area contributed by atoms with Crippen LogP contribution in [0.15, 0.2) is 85.1 Å². The van der Waals surface area contributed by atoms with Crippen molar-refractivity contribution in [2.24, 2.45) is 0 Å². The van der Waals surface area contributed by atoms with Gasteiger partial charge < -0.3 is 39.4 Å². The molecule has 6 atom stereocenters. The Morgan fingerprint density at radius 2 is 1.04 bits per heavy atom. The topological polar surface area (TPSA) is 152 Å². The zero-order chi connectivity index (χ0) is 41.6. The van der Waals surface area contributed by atoms with Crippen molar-refractivity contribution < 1.29 is 49.0 Å². The van der Waals surface area contributed by atoms with Crippen molar-refractivity contribution in [1.82, 2.24) is 0 Å². The Hall–Kier alpha value is -3.12. The minimum absolute atomic E-state index is 0.183. The summed E-state index contributed by atoms with van der Waals surface area (Å²) >= 11 is 0. The van der Waals surface area contributed by atoms with E-state index in [-0.39, 0.29) is 26.1 Å². The Balaban J connectivity index is 2.40. The van der Waals surface area contributed by atoms with Crippen LogP contribution in [0.25, 0.3) is 0 Å². The molecule has 0 spiro atoms. The summed E-state index contributed by atoms with van der Waals surface area (Å²) in [6.45, 7) is 3.17. The number of hydrogen-bond acceptors (Lipinski definition) is 10. The van der Waals surface area contributed by atoms with Gasteiger partial charge in [0.1, 0.15) is 31.0 Å². The fourth-order valence-corrected chi connectivity index (χ4v) is 5.84. The van der Waals surface area contributed by atoms with Crippen LogP contribution in [0.3, 0.4) is 0 Å². The number of rotatable bonds is 34. The van der Waals surface area contributed by atoms with Gasteiger partial charge in [0.2, 0.25) is 0 Å². The first-order valence-electron chi connectivity index (χ1n) is 21.7. The molecule has 324 valence electrons.